The normalized spacial score (nSPS) is 11.4. The number of ether oxygens (including phenoxy) is 1. The summed E-state index contributed by atoms with van der Waals surface area (Å²) in [5.41, 5.74) is 1.79. The van der Waals surface area contributed by atoms with E-state index in [-0.39, 0.29) is 11.9 Å². The maximum absolute atomic E-state index is 12.9. The molecule has 3 nitrogen and oxygen atoms in total. The van der Waals surface area contributed by atoms with Gasteiger partial charge in [0.15, 0.2) is 5.11 Å². The Morgan fingerprint density at radius 3 is 2.74 bits per heavy atom. The van der Waals surface area contributed by atoms with Crippen molar-refractivity contribution < 1.29 is 9.13 Å². The molecule has 0 saturated carbocycles. The molecule has 0 aliphatic rings. The predicted octanol–water partition coefficient (Wildman–Crippen LogP) is 4.44. The van der Waals surface area contributed by atoms with Gasteiger partial charge in [-0.15, -0.1) is 0 Å². The number of benzene rings is 2. The monoisotopic (exact) mass is 330 g/mol. The first-order valence-electron chi connectivity index (χ1n) is 7.25. The summed E-state index contributed by atoms with van der Waals surface area (Å²) in [7, 11) is 0. The largest absolute Gasteiger partial charge is 0.489 e. The third-order valence-corrected chi connectivity index (χ3v) is 3.40. The molecule has 2 N–H and O–H groups in total. The van der Waals surface area contributed by atoms with Crippen LogP contribution in [0.3, 0.4) is 0 Å². The van der Waals surface area contributed by atoms with E-state index in [0.717, 1.165) is 17.0 Å². The molecule has 0 amide bonds. The molecule has 0 heterocycles. The van der Waals surface area contributed by atoms with E-state index in [1.807, 2.05) is 31.2 Å². The molecule has 1 atom stereocenters. The van der Waals surface area contributed by atoms with E-state index in [9.17, 15) is 4.39 Å². The molecule has 2 rings (SSSR count). The summed E-state index contributed by atoms with van der Waals surface area (Å²) in [5, 5.41) is 6.77. The van der Waals surface area contributed by atoms with Crippen molar-refractivity contribution in [2.45, 2.75) is 13.0 Å². The van der Waals surface area contributed by atoms with Crippen LogP contribution in [0.25, 0.3) is 0 Å². The van der Waals surface area contributed by atoms with E-state index in [1.54, 1.807) is 18.2 Å². The van der Waals surface area contributed by atoms with Gasteiger partial charge in [-0.3, -0.25) is 0 Å². The molecule has 0 aromatic heterocycles. The zero-order chi connectivity index (χ0) is 16.7. The van der Waals surface area contributed by atoms with Crippen LogP contribution in [0, 0.1) is 5.82 Å². The second-order valence-corrected chi connectivity index (χ2v) is 5.41. The third kappa shape index (κ3) is 5.38. The minimum Gasteiger partial charge on any atom is -0.489 e. The SMILES string of the molecule is C=CCOc1cccc(NC(=S)N[C@@H](C)c2ccc(F)cc2)c1. The zero-order valence-corrected chi connectivity index (χ0v) is 13.7. The van der Waals surface area contributed by atoms with Crippen LogP contribution in [0.2, 0.25) is 0 Å². The fraction of sp³-hybridized carbons (Fsp3) is 0.167. The molecule has 0 unspecified atom stereocenters. The minimum absolute atomic E-state index is 0.0317. The Balaban J connectivity index is 1.93. The maximum Gasteiger partial charge on any atom is 0.171 e. The molecule has 120 valence electrons. The molecule has 2 aromatic rings. The first kappa shape index (κ1) is 17.0. The summed E-state index contributed by atoms with van der Waals surface area (Å²) in [6.07, 6.45) is 1.69. The van der Waals surface area contributed by atoms with Crippen LogP contribution in [0.5, 0.6) is 5.75 Å². The van der Waals surface area contributed by atoms with Gasteiger partial charge in [-0.05, 0) is 49.0 Å². The third-order valence-electron chi connectivity index (χ3n) is 3.18. The van der Waals surface area contributed by atoms with Gasteiger partial charge in [0.05, 0.1) is 6.04 Å². The van der Waals surface area contributed by atoms with E-state index in [1.165, 1.54) is 12.1 Å². The number of halogens is 1. The summed E-state index contributed by atoms with van der Waals surface area (Å²) in [5.74, 6) is 0.488. The molecule has 0 fully saturated rings. The number of hydrogen-bond donors (Lipinski definition) is 2. The van der Waals surface area contributed by atoms with Crippen molar-refractivity contribution in [3.05, 3.63) is 72.6 Å². The molecule has 0 spiro atoms. The van der Waals surface area contributed by atoms with Crippen molar-refractivity contribution >= 4 is 23.0 Å². The lowest BCUT2D eigenvalue weighted by atomic mass is 10.1. The van der Waals surface area contributed by atoms with Crippen molar-refractivity contribution in [1.29, 1.82) is 0 Å². The Kier molecular flexibility index (Phi) is 6.11. The van der Waals surface area contributed by atoms with Gasteiger partial charge < -0.3 is 15.4 Å². The van der Waals surface area contributed by atoms with Crippen LogP contribution >= 0.6 is 12.2 Å². The lowest BCUT2D eigenvalue weighted by molar-refractivity contribution is 0.363. The van der Waals surface area contributed by atoms with Gasteiger partial charge >= 0.3 is 0 Å². The highest BCUT2D eigenvalue weighted by atomic mass is 32.1. The van der Waals surface area contributed by atoms with Crippen LogP contribution in [-0.2, 0) is 0 Å². The summed E-state index contributed by atoms with van der Waals surface area (Å²) in [6.45, 7) is 6.03. The first-order chi connectivity index (χ1) is 11.1. The van der Waals surface area contributed by atoms with E-state index < -0.39 is 0 Å². The van der Waals surface area contributed by atoms with Gasteiger partial charge in [-0.2, -0.15) is 0 Å². The second-order valence-electron chi connectivity index (χ2n) is 5.00. The maximum atomic E-state index is 12.9. The zero-order valence-electron chi connectivity index (χ0n) is 12.9. The Morgan fingerprint density at radius 2 is 2.04 bits per heavy atom. The molecule has 0 aliphatic carbocycles. The molecule has 0 bridgehead atoms. The summed E-state index contributed by atoms with van der Waals surface area (Å²) in [6, 6.07) is 13.8. The van der Waals surface area contributed by atoms with Crippen molar-refractivity contribution in [1.82, 2.24) is 5.32 Å². The topological polar surface area (TPSA) is 33.3 Å². The quantitative estimate of drug-likeness (QED) is 0.606. The standard InChI is InChI=1S/C18H19FN2OS/c1-3-11-22-17-6-4-5-16(12-17)21-18(23)20-13(2)14-7-9-15(19)10-8-14/h3-10,12-13H,1,11H2,2H3,(H2,20,21,23)/t13-/m0/s1. The van der Waals surface area contributed by atoms with Gasteiger partial charge in [0.2, 0.25) is 0 Å². The molecular formula is C18H19FN2OS. The fourth-order valence-corrected chi connectivity index (χ4v) is 2.31. The average Bonchev–Trinajstić information content (AvgIpc) is 2.53. The number of nitrogens with one attached hydrogen (secondary N) is 2. The van der Waals surface area contributed by atoms with Crippen molar-refractivity contribution in [3.8, 4) is 5.75 Å². The lowest BCUT2D eigenvalue weighted by Gasteiger charge is -2.17. The van der Waals surface area contributed by atoms with Crippen molar-refractivity contribution in [2.75, 3.05) is 11.9 Å². The Morgan fingerprint density at radius 1 is 1.30 bits per heavy atom. The fourth-order valence-electron chi connectivity index (χ4n) is 2.02. The van der Waals surface area contributed by atoms with Crippen molar-refractivity contribution in [2.24, 2.45) is 0 Å². The Labute approximate surface area is 141 Å². The number of rotatable bonds is 6. The van der Waals surface area contributed by atoms with Crippen LogP contribution in [0.1, 0.15) is 18.5 Å². The van der Waals surface area contributed by atoms with Gasteiger partial charge in [0.25, 0.3) is 0 Å². The summed E-state index contributed by atoms with van der Waals surface area (Å²) < 4.78 is 18.4. The number of thiocarbonyl (C=S) groups is 1. The van der Waals surface area contributed by atoms with E-state index in [2.05, 4.69) is 17.2 Å². The summed E-state index contributed by atoms with van der Waals surface area (Å²) >= 11 is 5.32. The first-order valence-corrected chi connectivity index (χ1v) is 7.66. The predicted molar refractivity (Wildman–Crippen MR) is 96.3 cm³/mol. The van der Waals surface area contributed by atoms with E-state index >= 15 is 0 Å². The van der Waals surface area contributed by atoms with Crippen LogP contribution in [-0.4, -0.2) is 11.7 Å². The van der Waals surface area contributed by atoms with Gasteiger partial charge in [0.1, 0.15) is 18.2 Å². The molecule has 0 radical (unpaired) electrons. The molecule has 0 saturated heterocycles. The van der Waals surface area contributed by atoms with Gasteiger partial charge in [-0.1, -0.05) is 30.9 Å². The van der Waals surface area contributed by atoms with E-state index in [4.69, 9.17) is 17.0 Å². The van der Waals surface area contributed by atoms with Crippen LogP contribution in [0.4, 0.5) is 10.1 Å². The molecule has 0 aliphatic heterocycles. The highest BCUT2D eigenvalue weighted by Gasteiger charge is 2.07. The van der Waals surface area contributed by atoms with Gasteiger partial charge in [0, 0.05) is 11.8 Å². The van der Waals surface area contributed by atoms with Crippen LogP contribution in [0.15, 0.2) is 61.2 Å². The smallest absolute Gasteiger partial charge is 0.171 e. The molecule has 2 aromatic carbocycles. The molecule has 5 heteroatoms. The highest BCUT2D eigenvalue weighted by molar-refractivity contribution is 7.80. The minimum atomic E-state index is -0.252. The highest BCUT2D eigenvalue weighted by Crippen LogP contribution is 2.18. The molecular weight excluding hydrogens is 311 g/mol. The number of anilines is 1. The van der Waals surface area contributed by atoms with E-state index in [0.29, 0.717) is 11.7 Å². The van der Waals surface area contributed by atoms with Crippen molar-refractivity contribution in [3.63, 3.8) is 0 Å². The average molecular weight is 330 g/mol. The Hall–Kier alpha value is -2.40. The van der Waals surface area contributed by atoms with Gasteiger partial charge in [-0.25, -0.2) is 4.39 Å². The lowest BCUT2D eigenvalue weighted by Crippen LogP contribution is -2.30. The second kappa shape index (κ2) is 8.29. The Bertz CT molecular complexity index is 673. The summed E-state index contributed by atoms with van der Waals surface area (Å²) in [4.78, 5) is 0. The number of hydrogen-bond acceptors (Lipinski definition) is 2. The van der Waals surface area contributed by atoms with Crippen LogP contribution < -0.4 is 15.4 Å². The molecule has 23 heavy (non-hydrogen) atoms.